The van der Waals surface area contributed by atoms with Gasteiger partial charge < -0.3 is 5.32 Å². The van der Waals surface area contributed by atoms with Gasteiger partial charge in [0.2, 0.25) is 0 Å². The van der Waals surface area contributed by atoms with Gasteiger partial charge in [-0.3, -0.25) is 4.79 Å². The Labute approximate surface area is 111 Å². The van der Waals surface area contributed by atoms with Crippen molar-refractivity contribution < 1.29 is 18.0 Å². The fraction of sp³-hybridized carbons (Fsp3) is 0. The minimum absolute atomic E-state index is 0.141. The van der Waals surface area contributed by atoms with Gasteiger partial charge in [0.1, 0.15) is 17.5 Å². The van der Waals surface area contributed by atoms with Crippen molar-refractivity contribution in [3.05, 3.63) is 64.4 Å². The van der Waals surface area contributed by atoms with Gasteiger partial charge in [0.25, 0.3) is 5.91 Å². The average molecular weight is 286 g/mol. The van der Waals surface area contributed by atoms with E-state index in [-0.39, 0.29) is 16.3 Å². The second-order valence-electron chi connectivity index (χ2n) is 3.70. The van der Waals surface area contributed by atoms with Crippen molar-refractivity contribution >= 4 is 23.2 Å². The number of nitrogens with one attached hydrogen (secondary N) is 1. The van der Waals surface area contributed by atoms with E-state index in [9.17, 15) is 18.0 Å². The third kappa shape index (κ3) is 3.06. The van der Waals surface area contributed by atoms with Crippen LogP contribution in [0.1, 0.15) is 10.4 Å². The molecule has 2 aromatic rings. The van der Waals surface area contributed by atoms with E-state index in [1.54, 1.807) is 0 Å². The molecule has 2 aromatic carbocycles. The fourth-order valence-electron chi connectivity index (χ4n) is 1.45. The predicted octanol–water partition coefficient (Wildman–Crippen LogP) is 4.01. The van der Waals surface area contributed by atoms with Crippen LogP contribution in [0.25, 0.3) is 0 Å². The van der Waals surface area contributed by atoms with Gasteiger partial charge in [-0.25, -0.2) is 13.2 Å². The Morgan fingerprint density at radius 3 is 2.37 bits per heavy atom. The number of rotatable bonds is 2. The molecule has 0 saturated heterocycles. The molecule has 0 radical (unpaired) electrons. The molecular weight excluding hydrogens is 279 g/mol. The number of hydrogen-bond acceptors (Lipinski definition) is 1. The van der Waals surface area contributed by atoms with Gasteiger partial charge >= 0.3 is 0 Å². The zero-order valence-corrected chi connectivity index (χ0v) is 10.1. The Bertz CT molecular complexity index is 646. The van der Waals surface area contributed by atoms with Crippen molar-refractivity contribution in [2.24, 2.45) is 0 Å². The summed E-state index contributed by atoms with van der Waals surface area (Å²) in [5, 5.41) is 2.35. The normalized spacial score (nSPS) is 10.3. The van der Waals surface area contributed by atoms with Gasteiger partial charge in [0.15, 0.2) is 0 Å². The van der Waals surface area contributed by atoms with Crippen LogP contribution in [0.15, 0.2) is 36.4 Å². The van der Waals surface area contributed by atoms with Gasteiger partial charge in [-0.2, -0.15) is 0 Å². The standard InChI is InChI=1S/C13H7ClF3NO/c14-7-1-4-12(11(17)5-7)18-13(19)9-3-2-8(15)6-10(9)16/h1-6H,(H,18,19). The molecule has 2 nitrogen and oxygen atoms in total. The van der Waals surface area contributed by atoms with Crippen molar-refractivity contribution in [2.75, 3.05) is 5.32 Å². The minimum atomic E-state index is -1.02. The summed E-state index contributed by atoms with van der Waals surface area (Å²) in [6, 6.07) is 6.13. The molecule has 0 spiro atoms. The first-order valence-corrected chi connectivity index (χ1v) is 5.56. The molecule has 6 heteroatoms. The highest BCUT2D eigenvalue weighted by Gasteiger charge is 2.14. The monoisotopic (exact) mass is 285 g/mol. The number of carbonyl (C=O) groups is 1. The van der Waals surface area contributed by atoms with Crippen LogP contribution in [-0.2, 0) is 0 Å². The summed E-state index contributed by atoms with van der Waals surface area (Å²) >= 11 is 5.56. The first-order chi connectivity index (χ1) is 8.97. The van der Waals surface area contributed by atoms with E-state index >= 15 is 0 Å². The Morgan fingerprint density at radius 2 is 1.74 bits per heavy atom. The smallest absolute Gasteiger partial charge is 0.258 e. The summed E-state index contributed by atoms with van der Waals surface area (Å²) in [5.41, 5.74) is -0.520. The maximum atomic E-state index is 13.4. The molecule has 0 unspecified atom stereocenters. The third-order valence-corrected chi connectivity index (χ3v) is 2.59. The number of halogens is 4. The summed E-state index contributed by atoms with van der Waals surface area (Å²) in [5.74, 6) is -3.44. The Balaban J connectivity index is 2.25. The highest BCUT2D eigenvalue weighted by molar-refractivity contribution is 6.30. The zero-order valence-electron chi connectivity index (χ0n) is 9.38. The summed E-state index contributed by atoms with van der Waals surface area (Å²) < 4.78 is 39.5. The third-order valence-electron chi connectivity index (χ3n) is 2.36. The fourth-order valence-corrected chi connectivity index (χ4v) is 1.61. The summed E-state index contributed by atoms with van der Waals surface area (Å²) in [6.07, 6.45) is 0. The molecule has 1 amide bonds. The number of hydrogen-bond donors (Lipinski definition) is 1. The van der Waals surface area contributed by atoms with E-state index < -0.39 is 23.4 Å². The Hall–Kier alpha value is -2.01. The second-order valence-corrected chi connectivity index (χ2v) is 4.14. The molecule has 1 N–H and O–H groups in total. The molecule has 0 fully saturated rings. The molecule has 0 aliphatic heterocycles. The van der Waals surface area contributed by atoms with Gasteiger partial charge in [-0.15, -0.1) is 0 Å². The van der Waals surface area contributed by atoms with Crippen molar-refractivity contribution in [1.29, 1.82) is 0 Å². The summed E-state index contributed by atoms with van der Waals surface area (Å²) in [6.45, 7) is 0. The van der Waals surface area contributed by atoms with Gasteiger partial charge in [-0.1, -0.05) is 11.6 Å². The average Bonchev–Trinajstić information content (AvgIpc) is 2.32. The van der Waals surface area contributed by atoms with E-state index in [1.165, 1.54) is 12.1 Å². The van der Waals surface area contributed by atoms with Crippen LogP contribution < -0.4 is 5.32 Å². The number of amides is 1. The van der Waals surface area contributed by atoms with E-state index in [4.69, 9.17) is 11.6 Å². The van der Waals surface area contributed by atoms with E-state index in [0.717, 1.165) is 18.2 Å². The van der Waals surface area contributed by atoms with Crippen molar-refractivity contribution in [3.8, 4) is 0 Å². The maximum absolute atomic E-state index is 13.4. The van der Waals surface area contributed by atoms with Crippen molar-refractivity contribution in [3.63, 3.8) is 0 Å². The largest absolute Gasteiger partial charge is 0.319 e. The molecule has 0 atom stereocenters. The Kier molecular flexibility index (Phi) is 3.76. The zero-order chi connectivity index (χ0) is 14.0. The molecular formula is C13H7ClF3NO. The lowest BCUT2D eigenvalue weighted by atomic mass is 10.2. The molecule has 0 aromatic heterocycles. The quantitative estimate of drug-likeness (QED) is 0.887. The van der Waals surface area contributed by atoms with E-state index in [0.29, 0.717) is 6.07 Å². The summed E-state index contributed by atoms with van der Waals surface area (Å²) in [4.78, 5) is 11.7. The van der Waals surface area contributed by atoms with Crippen molar-refractivity contribution in [1.82, 2.24) is 0 Å². The highest BCUT2D eigenvalue weighted by Crippen LogP contribution is 2.20. The number of benzene rings is 2. The van der Waals surface area contributed by atoms with Gasteiger partial charge in [0.05, 0.1) is 11.3 Å². The van der Waals surface area contributed by atoms with Crippen LogP contribution in [0.5, 0.6) is 0 Å². The first kappa shape index (κ1) is 13.4. The lowest BCUT2D eigenvalue weighted by Gasteiger charge is -2.07. The molecule has 19 heavy (non-hydrogen) atoms. The molecule has 0 aliphatic rings. The predicted molar refractivity (Wildman–Crippen MR) is 65.7 cm³/mol. The van der Waals surface area contributed by atoms with Crippen LogP contribution in [0.3, 0.4) is 0 Å². The summed E-state index contributed by atoms with van der Waals surface area (Å²) in [7, 11) is 0. The molecule has 0 bridgehead atoms. The lowest BCUT2D eigenvalue weighted by Crippen LogP contribution is -2.14. The molecule has 2 rings (SSSR count). The highest BCUT2D eigenvalue weighted by atomic mass is 35.5. The topological polar surface area (TPSA) is 29.1 Å². The maximum Gasteiger partial charge on any atom is 0.258 e. The SMILES string of the molecule is O=C(Nc1ccc(Cl)cc1F)c1ccc(F)cc1F. The minimum Gasteiger partial charge on any atom is -0.319 e. The van der Waals surface area contributed by atoms with Crippen LogP contribution in [0.2, 0.25) is 5.02 Å². The lowest BCUT2D eigenvalue weighted by molar-refractivity contribution is 0.102. The van der Waals surface area contributed by atoms with Gasteiger partial charge in [0, 0.05) is 11.1 Å². The first-order valence-electron chi connectivity index (χ1n) is 5.19. The molecule has 0 saturated carbocycles. The molecule has 0 aliphatic carbocycles. The number of anilines is 1. The molecule has 98 valence electrons. The van der Waals surface area contributed by atoms with E-state index in [1.807, 2.05) is 0 Å². The van der Waals surface area contributed by atoms with Gasteiger partial charge in [-0.05, 0) is 30.3 Å². The van der Waals surface area contributed by atoms with Crippen LogP contribution in [0, 0.1) is 17.5 Å². The van der Waals surface area contributed by atoms with Crippen LogP contribution in [-0.4, -0.2) is 5.91 Å². The van der Waals surface area contributed by atoms with E-state index in [2.05, 4.69) is 5.32 Å². The number of carbonyl (C=O) groups excluding carboxylic acids is 1. The second kappa shape index (κ2) is 5.32. The van der Waals surface area contributed by atoms with Crippen LogP contribution in [0.4, 0.5) is 18.9 Å². The van der Waals surface area contributed by atoms with Crippen molar-refractivity contribution in [2.45, 2.75) is 0 Å². The molecule has 0 heterocycles. The Morgan fingerprint density at radius 1 is 1.00 bits per heavy atom. The van der Waals surface area contributed by atoms with Crippen LogP contribution >= 0.6 is 11.6 Å².